The molecule has 0 aromatic heterocycles. The van der Waals surface area contributed by atoms with Gasteiger partial charge in [0.2, 0.25) is 11.8 Å². The van der Waals surface area contributed by atoms with Crippen LogP contribution in [0.25, 0.3) is 6.08 Å². The summed E-state index contributed by atoms with van der Waals surface area (Å²) >= 11 is 0. The average Bonchev–Trinajstić information content (AvgIpc) is 2.97. The predicted octanol–water partition coefficient (Wildman–Crippen LogP) is 1.57. The summed E-state index contributed by atoms with van der Waals surface area (Å²) in [5.41, 5.74) is 1.81. The van der Waals surface area contributed by atoms with Gasteiger partial charge in [-0.3, -0.25) is 9.59 Å². The summed E-state index contributed by atoms with van der Waals surface area (Å²) in [6.07, 6.45) is 4.73. The van der Waals surface area contributed by atoms with E-state index in [1.54, 1.807) is 11.0 Å². The van der Waals surface area contributed by atoms with Gasteiger partial charge >= 0.3 is 0 Å². The van der Waals surface area contributed by atoms with Crippen molar-refractivity contribution in [1.29, 1.82) is 0 Å². The molecule has 5 heteroatoms. The first-order chi connectivity index (χ1) is 10.6. The summed E-state index contributed by atoms with van der Waals surface area (Å²) in [5.74, 6) is 0.0365. The van der Waals surface area contributed by atoms with Crippen molar-refractivity contribution < 1.29 is 14.7 Å². The number of aliphatic hydroxyl groups is 1. The first-order valence-corrected chi connectivity index (χ1v) is 7.57. The van der Waals surface area contributed by atoms with Crippen LogP contribution in [-0.4, -0.2) is 36.6 Å². The number of amides is 2. The van der Waals surface area contributed by atoms with Gasteiger partial charge < -0.3 is 15.3 Å². The lowest BCUT2D eigenvalue weighted by molar-refractivity contribution is -0.117. The number of hydrogen-bond donors (Lipinski definition) is 2. The minimum atomic E-state index is -0.181. The van der Waals surface area contributed by atoms with Gasteiger partial charge in [-0.1, -0.05) is 19.1 Å². The van der Waals surface area contributed by atoms with Crippen LogP contribution < -0.4 is 10.2 Å². The van der Waals surface area contributed by atoms with Crippen LogP contribution in [0.3, 0.4) is 0 Å². The molecule has 0 radical (unpaired) electrons. The van der Waals surface area contributed by atoms with Gasteiger partial charge in [-0.25, -0.2) is 0 Å². The van der Waals surface area contributed by atoms with Crippen LogP contribution in [0, 0.1) is 5.92 Å². The number of aliphatic hydroxyl groups excluding tert-OH is 1. The van der Waals surface area contributed by atoms with Gasteiger partial charge in [0.1, 0.15) is 0 Å². The maximum atomic E-state index is 11.7. The summed E-state index contributed by atoms with van der Waals surface area (Å²) in [6.45, 7) is 3.15. The summed E-state index contributed by atoms with van der Waals surface area (Å²) in [4.78, 5) is 25.1. The maximum Gasteiger partial charge on any atom is 0.244 e. The molecule has 0 saturated carbocycles. The number of anilines is 1. The molecular formula is C17H22N2O3. The van der Waals surface area contributed by atoms with Gasteiger partial charge in [0.05, 0.1) is 0 Å². The number of nitrogens with one attached hydrogen (secondary N) is 1. The third kappa shape index (κ3) is 4.43. The largest absolute Gasteiger partial charge is 0.396 e. The van der Waals surface area contributed by atoms with Crippen molar-refractivity contribution in [3.05, 3.63) is 35.9 Å². The first kappa shape index (κ1) is 16.2. The quantitative estimate of drug-likeness (QED) is 0.784. The van der Waals surface area contributed by atoms with Crippen molar-refractivity contribution in [2.24, 2.45) is 5.92 Å². The highest BCUT2D eigenvalue weighted by Gasteiger charge is 2.21. The molecule has 1 saturated heterocycles. The Labute approximate surface area is 130 Å². The Morgan fingerprint density at radius 3 is 2.73 bits per heavy atom. The molecule has 1 aliphatic heterocycles. The smallest absolute Gasteiger partial charge is 0.244 e. The topological polar surface area (TPSA) is 69.6 Å². The molecule has 1 fully saturated rings. The third-order valence-corrected chi connectivity index (χ3v) is 3.64. The highest BCUT2D eigenvalue weighted by molar-refractivity contribution is 5.95. The fraction of sp³-hybridized carbons (Fsp3) is 0.412. The molecule has 1 atom stereocenters. The zero-order valence-corrected chi connectivity index (χ0v) is 12.8. The van der Waals surface area contributed by atoms with E-state index in [0.29, 0.717) is 13.0 Å². The maximum absolute atomic E-state index is 11.7. The van der Waals surface area contributed by atoms with Crippen LogP contribution >= 0.6 is 0 Å². The van der Waals surface area contributed by atoms with Crippen LogP contribution in [0.4, 0.5) is 5.69 Å². The van der Waals surface area contributed by atoms with Crippen molar-refractivity contribution in [1.82, 2.24) is 5.32 Å². The van der Waals surface area contributed by atoms with Crippen molar-refractivity contribution in [3.8, 4) is 0 Å². The number of nitrogens with zero attached hydrogens (tertiary/aromatic N) is 1. The highest BCUT2D eigenvalue weighted by Crippen LogP contribution is 2.21. The third-order valence-electron chi connectivity index (χ3n) is 3.64. The van der Waals surface area contributed by atoms with Crippen molar-refractivity contribution in [2.45, 2.75) is 19.8 Å². The highest BCUT2D eigenvalue weighted by atomic mass is 16.3. The molecule has 1 aromatic rings. The van der Waals surface area contributed by atoms with E-state index in [0.717, 1.165) is 24.2 Å². The number of carbonyl (C=O) groups is 2. The van der Waals surface area contributed by atoms with Crippen molar-refractivity contribution >= 4 is 23.6 Å². The molecule has 0 bridgehead atoms. The molecule has 0 aliphatic carbocycles. The average molecular weight is 302 g/mol. The summed E-state index contributed by atoms with van der Waals surface area (Å²) in [5, 5.41) is 11.6. The molecule has 5 nitrogen and oxygen atoms in total. The number of carbonyl (C=O) groups excluding carboxylic acids is 2. The Morgan fingerprint density at radius 2 is 2.14 bits per heavy atom. The van der Waals surface area contributed by atoms with Crippen molar-refractivity contribution in [2.75, 3.05) is 24.6 Å². The zero-order valence-electron chi connectivity index (χ0n) is 12.8. The van der Waals surface area contributed by atoms with E-state index in [2.05, 4.69) is 5.32 Å². The summed E-state index contributed by atoms with van der Waals surface area (Å²) in [7, 11) is 0. The molecule has 22 heavy (non-hydrogen) atoms. The van der Waals surface area contributed by atoms with Gasteiger partial charge in [0.15, 0.2) is 0 Å². The van der Waals surface area contributed by atoms with Crippen LogP contribution in [-0.2, 0) is 9.59 Å². The molecule has 2 N–H and O–H groups in total. The van der Waals surface area contributed by atoms with E-state index in [1.807, 2.05) is 31.2 Å². The van der Waals surface area contributed by atoms with Crippen LogP contribution in [0.1, 0.15) is 25.3 Å². The fourth-order valence-electron chi connectivity index (χ4n) is 2.26. The Bertz CT molecular complexity index is 552. The Morgan fingerprint density at radius 1 is 1.41 bits per heavy atom. The zero-order chi connectivity index (χ0) is 15.9. The monoisotopic (exact) mass is 302 g/mol. The van der Waals surface area contributed by atoms with Crippen molar-refractivity contribution in [3.63, 3.8) is 0 Å². The molecule has 0 spiro atoms. The predicted molar refractivity (Wildman–Crippen MR) is 86.3 cm³/mol. The second kappa shape index (κ2) is 7.75. The molecule has 118 valence electrons. The molecular weight excluding hydrogens is 280 g/mol. The van der Waals surface area contributed by atoms with Gasteiger partial charge in [-0.05, 0) is 36.1 Å². The number of hydrogen-bond acceptors (Lipinski definition) is 3. The number of benzene rings is 1. The Kier molecular flexibility index (Phi) is 5.72. The first-order valence-electron chi connectivity index (χ1n) is 7.57. The normalized spacial score (nSPS) is 16.3. The van der Waals surface area contributed by atoms with E-state index < -0.39 is 0 Å². The lowest BCUT2D eigenvalue weighted by Crippen LogP contribution is -2.27. The molecule has 1 aliphatic rings. The van der Waals surface area contributed by atoms with E-state index >= 15 is 0 Å². The van der Waals surface area contributed by atoms with Gasteiger partial charge in [-0.2, -0.15) is 0 Å². The Balaban J connectivity index is 1.89. The minimum absolute atomic E-state index is 0.0506. The lowest BCUT2D eigenvalue weighted by atomic mass is 10.1. The molecule has 2 rings (SSSR count). The second-order valence-electron chi connectivity index (χ2n) is 5.61. The molecule has 1 unspecified atom stereocenters. The van der Waals surface area contributed by atoms with E-state index in [-0.39, 0.29) is 24.3 Å². The second-order valence-corrected chi connectivity index (χ2v) is 5.61. The SMILES string of the molecule is CC(CO)CNC(=O)/C=C/c1ccc(N2CCCC2=O)cc1. The minimum Gasteiger partial charge on any atom is -0.396 e. The Hall–Kier alpha value is -2.14. The van der Waals surface area contributed by atoms with Gasteiger partial charge in [0.25, 0.3) is 0 Å². The summed E-state index contributed by atoms with van der Waals surface area (Å²) < 4.78 is 0. The van der Waals surface area contributed by atoms with Crippen LogP contribution in [0.2, 0.25) is 0 Å². The standard InChI is InChI=1S/C17H22N2O3/c1-13(12-20)11-18-16(21)9-6-14-4-7-15(8-5-14)19-10-2-3-17(19)22/h4-9,13,20H,2-3,10-12H2,1H3,(H,18,21)/b9-6+. The summed E-state index contributed by atoms with van der Waals surface area (Å²) in [6, 6.07) is 7.57. The van der Waals surface area contributed by atoms with Crippen LogP contribution in [0.15, 0.2) is 30.3 Å². The molecule has 2 amide bonds. The molecule has 1 aromatic carbocycles. The van der Waals surface area contributed by atoms with E-state index in [1.165, 1.54) is 6.08 Å². The van der Waals surface area contributed by atoms with Gasteiger partial charge in [-0.15, -0.1) is 0 Å². The van der Waals surface area contributed by atoms with E-state index in [9.17, 15) is 9.59 Å². The fourth-order valence-corrected chi connectivity index (χ4v) is 2.26. The number of rotatable bonds is 6. The van der Waals surface area contributed by atoms with E-state index in [4.69, 9.17) is 5.11 Å². The van der Waals surface area contributed by atoms with Crippen LogP contribution in [0.5, 0.6) is 0 Å². The lowest BCUT2D eigenvalue weighted by Gasteiger charge is -2.15. The molecule has 1 heterocycles. The van der Waals surface area contributed by atoms with Gasteiger partial charge in [0, 0.05) is 37.9 Å².